The molecule has 0 aliphatic carbocycles. The molecule has 1 fully saturated rings. The van der Waals surface area contributed by atoms with Crippen molar-refractivity contribution < 1.29 is 4.39 Å². The van der Waals surface area contributed by atoms with E-state index in [1.165, 1.54) is 12.1 Å². The molecule has 19 heavy (non-hydrogen) atoms. The number of hydrogen-bond donors (Lipinski definition) is 1. The van der Waals surface area contributed by atoms with Crippen molar-refractivity contribution in [3.63, 3.8) is 0 Å². The summed E-state index contributed by atoms with van der Waals surface area (Å²) in [6, 6.07) is 4.70. The van der Waals surface area contributed by atoms with Crippen LogP contribution in [-0.4, -0.2) is 33.5 Å². The Morgan fingerprint density at radius 2 is 2.26 bits per heavy atom. The van der Waals surface area contributed by atoms with Gasteiger partial charge in [0.05, 0.1) is 0 Å². The molecule has 0 saturated carbocycles. The van der Waals surface area contributed by atoms with E-state index in [2.05, 4.69) is 18.7 Å². The lowest BCUT2D eigenvalue weighted by Gasteiger charge is -2.37. The zero-order valence-electron chi connectivity index (χ0n) is 11.3. The molecule has 1 aliphatic rings. The van der Waals surface area contributed by atoms with E-state index in [0.29, 0.717) is 5.56 Å². The first-order chi connectivity index (χ1) is 8.87. The van der Waals surface area contributed by atoms with Crippen molar-refractivity contribution in [2.24, 2.45) is 5.73 Å². The summed E-state index contributed by atoms with van der Waals surface area (Å²) in [6.45, 7) is 7.34. The standard InChI is InChI=1S/C14H19FN2S2/c1-14(2)9-17(5-6-19-14)8-10-3-4-11(15)7-12(10)13(16)18/h3-4,7H,5-6,8-9H2,1-2H3,(H2,16,18). The second-order valence-corrected chi connectivity index (χ2v) is 7.73. The summed E-state index contributed by atoms with van der Waals surface area (Å²) in [7, 11) is 0. The van der Waals surface area contributed by atoms with Crippen LogP contribution in [0.1, 0.15) is 25.0 Å². The van der Waals surface area contributed by atoms with Crippen LogP contribution in [0.15, 0.2) is 18.2 Å². The second-order valence-electron chi connectivity index (χ2n) is 5.48. The Morgan fingerprint density at radius 1 is 1.53 bits per heavy atom. The van der Waals surface area contributed by atoms with Gasteiger partial charge in [0.15, 0.2) is 0 Å². The summed E-state index contributed by atoms with van der Waals surface area (Å²) in [4.78, 5) is 2.64. The van der Waals surface area contributed by atoms with Gasteiger partial charge in [-0.3, -0.25) is 4.90 Å². The van der Waals surface area contributed by atoms with Crippen molar-refractivity contribution in [1.82, 2.24) is 4.90 Å². The highest BCUT2D eigenvalue weighted by Gasteiger charge is 2.27. The van der Waals surface area contributed by atoms with Crippen molar-refractivity contribution in [3.8, 4) is 0 Å². The highest BCUT2D eigenvalue weighted by Crippen LogP contribution is 2.30. The number of thiocarbonyl (C=S) groups is 1. The molecule has 0 radical (unpaired) electrons. The third-order valence-electron chi connectivity index (χ3n) is 3.24. The fourth-order valence-corrected chi connectivity index (χ4v) is 3.77. The number of nitrogens with zero attached hydrogens (tertiary/aromatic N) is 1. The fraction of sp³-hybridized carbons (Fsp3) is 0.500. The lowest BCUT2D eigenvalue weighted by atomic mass is 10.1. The van der Waals surface area contributed by atoms with E-state index in [1.807, 2.05) is 11.8 Å². The molecule has 1 heterocycles. The maximum atomic E-state index is 13.3. The minimum atomic E-state index is -0.291. The Labute approximate surface area is 123 Å². The predicted molar refractivity (Wildman–Crippen MR) is 84.1 cm³/mol. The molecule has 5 heteroatoms. The first kappa shape index (κ1) is 14.8. The van der Waals surface area contributed by atoms with Gasteiger partial charge < -0.3 is 5.73 Å². The predicted octanol–water partition coefficient (Wildman–Crippen LogP) is 2.79. The first-order valence-electron chi connectivity index (χ1n) is 6.32. The monoisotopic (exact) mass is 298 g/mol. The average Bonchev–Trinajstić information content (AvgIpc) is 2.30. The molecule has 0 unspecified atom stereocenters. The second kappa shape index (κ2) is 5.77. The third kappa shape index (κ3) is 3.91. The Morgan fingerprint density at radius 3 is 2.89 bits per heavy atom. The van der Waals surface area contributed by atoms with Crippen molar-refractivity contribution in [2.45, 2.75) is 25.1 Å². The van der Waals surface area contributed by atoms with Crippen LogP contribution in [0.3, 0.4) is 0 Å². The average molecular weight is 298 g/mol. The van der Waals surface area contributed by atoms with Crippen LogP contribution in [-0.2, 0) is 6.54 Å². The van der Waals surface area contributed by atoms with Gasteiger partial charge in [0.2, 0.25) is 0 Å². The Bertz CT molecular complexity index is 488. The molecule has 1 aromatic rings. The number of thioether (sulfide) groups is 1. The van der Waals surface area contributed by atoms with Crippen molar-refractivity contribution in [3.05, 3.63) is 35.1 Å². The maximum Gasteiger partial charge on any atom is 0.123 e. The van der Waals surface area contributed by atoms with Crippen LogP contribution in [0.5, 0.6) is 0 Å². The van der Waals surface area contributed by atoms with Gasteiger partial charge in [-0.15, -0.1) is 0 Å². The molecule has 0 bridgehead atoms. The van der Waals surface area contributed by atoms with Crippen LogP contribution in [0.4, 0.5) is 4.39 Å². The number of halogens is 1. The number of benzene rings is 1. The van der Waals surface area contributed by atoms with E-state index < -0.39 is 0 Å². The zero-order valence-corrected chi connectivity index (χ0v) is 12.9. The van der Waals surface area contributed by atoms with Crippen molar-refractivity contribution in [2.75, 3.05) is 18.8 Å². The smallest absolute Gasteiger partial charge is 0.123 e. The quantitative estimate of drug-likeness (QED) is 0.869. The summed E-state index contributed by atoms with van der Waals surface area (Å²) in [5.74, 6) is 0.831. The third-order valence-corrected chi connectivity index (χ3v) is 4.75. The minimum absolute atomic E-state index is 0.264. The summed E-state index contributed by atoms with van der Waals surface area (Å²) in [5, 5.41) is 0. The highest BCUT2D eigenvalue weighted by atomic mass is 32.2. The first-order valence-corrected chi connectivity index (χ1v) is 7.71. The molecule has 0 aromatic heterocycles. The molecular weight excluding hydrogens is 279 g/mol. The van der Waals surface area contributed by atoms with E-state index in [9.17, 15) is 4.39 Å². The molecule has 1 aliphatic heterocycles. The molecule has 2 nitrogen and oxygen atoms in total. The summed E-state index contributed by atoms with van der Waals surface area (Å²) >= 11 is 7.01. The van der Waals surface area contributed by atoms with Crippen LogP contribution >= 0.6 is 24.0 Å². The molecule has 2 N–H and O–H groups in total. The fourth-order valence-electron chi connectivity index (χ4n) is 2.41. The van der Waals surface area contributed by atoms with Gasteiger partial charge in [0, 0.05) is 35.7 Å². The lowest BCUT2D eigenvalue weighted by molar-refractivity contribution is 0.252. The maximum absolute atomic E-state index is 13.3. The van der Waals surface area contributed by atoms with Crippen molar-refractivity contribution >= 4 is 29.0 Å². The zero-order chi connectivity index (χ0) is 14.0. The number of nitrogens with two attached hydrogens (primary N) is 1. The molecular formula is C14H19FN2S2. The molecule has 1 aromatic carbocycles. The molecule has 1 saturated heterocycles. The molecule has 0 atom stereocenters. The Hall–Kier alpha value is -0.650. The topological polar surface area (TPSA) is 29.3 Å². The van der Waals surface area contributed by atoms with Crippen LogP contribution in [0.2, 0.25) is 0 Å². The van der Waals surface area contributed by atoms with E-state index in [-0.39, 0.29) is 15.6 Å². The highest BCUT2D eigenvalue weighted by molar-refractivity contribution is 8.00. The van der Waals surface area contributed by atoms with Gasteiger partial charge in [-0.05, 0) is 31.5 Å². The Balaban J connectivity index is 2.17. The van der Waals surface area contributed by atoms with Crippen molar-refractivity contribution in [1.29, 1.82) is 0 Å². The van der Waals surface area contributed by atoms with Gasteiger partial charge in [-0.2, -0.15) is 11.8 Å². The minimum Gasteiger partial charge on any atom is -0.389 e. The normalized spacial score (nSPS) is 19.3. The van der Waals surface area contributed by atoms with Gasteiger partial charge in [0.25, 0.3) is 0 Å². The van der Waals surface area contributed by atoms with E-state index in [1.54, 1.807) is 6.07 Å². The Kier molecular flexibility index (Phi) is 4.48. The van der Waals surface area contributed by atoms with Crippen LogP contribution in [0, 0.1) is 5.82 Å². The van der Waals surface area contributed by atoms with E-state index in [4.69, 9.17) is 18.0 Å². The number of hydrogen-bond acceptors (Lipinski definition) is 3. The van der Waals surface area contributed by atoms with E-state index >= 15 is 0 Å². The lowest BCUT2D eigenvalue weighted by Crippen LogP contribution is -2.42. The van der Waals surface area contributed by atoms with Gasteiger partial charge in [-0.25, -0.2) is 4.39 Å². The molecule has 0 spiro atoms. The van der Waals surface area contributed by atoms with Gasteiger partial charge in [0.1, 0.15) is 10.8 Å². The molecule has 104 valence electrons. The van der Waals surface area contributed by atoms with Crippen LogP contribution in [0.25, 0.3) is 0 Å². The molecule has 0 amide bonds. The summed E-state index contributed by atoms with van der Waals surface area (Å²) < 4.78 is 13.5. The van der Waals surface area contributed by atoms with E-state index in [0.717, 1.165) is 31.0 Å². The van der Waals surface area contributed by atoms with Crippen LogP contribution < -0.4 is 5.73 Å². The summed E-state index contributed by atoms with van der Waals surface area (Å²) in [6.07, 6.45) is 0. The largest absolute Gasteiger partial charge is 0.389 e. The number of rotatable bonds is 3. The van der Waals surface area contributed by atoms with Gasteiger partial charge >= 0.3 is 0 Å². The van der Waals surface area contributed by atoms with Gasteiger partial charge in [-0.1, -0.05) is 18.3 Å². The summed E-state index contributed by atoms with van der Waals surface area (Å²) in [5.41, 5.74) is 7.35. The SMILES string of the molecule is CC1(C)CN(Cc2ccc(F)cc2C(N)=S)CCS1. The molecule has 2 rings (SSSR count).